The maximum atomic E-state index is 12.5. The van der Waals surface area contributed by atoms with Gasteiger partial charge in [0, 0.05) is 30.6 Å². The first-order valence-corrected chi connectivity index (χ1v) is 5.91. The van der Waals surface area contributed by atoms with Crippen LogP contribution in [0.1, 0.15) is 16.9 Å². The lowest BCUT2D eigenvalue weighted by Gasteiger charge is -2.11. The average Bonchev–Trinajstić information content (AvgIpc) is 2.82. The van der Waals surface area contributed by atoms with Gasteiger partial charge in [-0.3, -0.25) is 0 Å². The first-order chi connectivity index (χ1) is 9.05. The fraction of sp³-hybridized carbons (Fsp3) is 0.308. The van der Waals surface area contributed by atoms with Crippen LogP contribution in [0.4, 0.5) is 13.2 Å². The molecule has 7 heteroatoms. The summed E-state index contributed by atoms with van der Waals surface area (Å²) in [6.45, 7) is 1.46. The molecule has 0 saturated carbocycles. The molecule has 20 heavy (non-hydrogen) atoms. The third kappa shape index (κ3) is 2.66. The Morgan fingerprint density at radius 2 is 1.85 bits per heavy atom. The summed E-state index contributed by atoms with van der Waals surface area (Å²) in [5.74, 6) is 0.814. The highest BCUT2D eigenvalue weighted by molar-refractivity contribution is 5.85. The number of rotatable bonds is 1. The number of aromatic nitrogens is 1. The minimum atomic E-state index is -4.32. The molecule has 3 rings (SSSR count). The van der Waals surface area contributed by atoms with Crippen LogP contribution in [0.15, 0.2) is 28.8 Å². The second-order valence-corrected chi connectivity index (χ2v) is 4.43. The molecule has 0 spiro atoms. The zero-order valence-electron chi connectivity index (χ0n) is 10.3. The van der Waals surface area contributed by atoms with Gasteiger partial charge < -0.3 is 9.84 Å². The number of halogens is 4. The third-order valence-corrected chi connectivity index (χ3v) is 3.19. The van der Waals surface area contributed by atoms with Crippen LogP contribution >= 0.6 is 12.4 Å². The van der Waals surface area contributed by atoms with Gasteiger partial charge in [-0.2, -0.15) is 13.2 Å². The topological polar surface area (TPSA) is 38.1 Å². The van der Waals surface area contributed by atoms with E-state index in [0.29, 0.717) is 17.8 Å². The van der Waals surface area contributed by atoms with Gasteiger partial charge in [-0.1, -0.05) is 17.3 Å². The molecule has 3 nitrogen and oxygen atoms in total. The van der Waals surface area contributed by atoms with Gasteiger partial charge in [0.25, 0.3) is 0 Å². The van der Waals surface area contributed by atoms with Crippen LogP contribution in [0.25, 0.3) is 11.3 Å². The van der Waals surface area contributed by atoms with Crippen molar-refractivity contribution in [1.82, 2.24) is 10.5 Å². The maximum absolute atomic E-state index is 12.5. The number of fused-ring (bicyclic) bond motifs is 1. The monoisotopic (exact) mass is 304 g/mol. The van der Waals surface area contributed by atoms with E-state index in [9.17, 15) is 13.2 Å². The van der Waals surface area contributed by atoms with E-state index in [1.807, 2.05) is 0 Å². The van der Waals surface area contributed by atoms with Gasteiger partial charge in [-0.25, -0.2) is 0 Å². The zero-order valence-corrected chi connectivity index (χ0v) is 11.1. The van der Waals surface area contributed by atoms with Crippen molar-refractivity contribution in [2.75, 3.05) is 6.54 Å². The lowest BCUT2D eigenvalue weighted by molar-refractivity contribution is -0.137. The predicted octanol–water partition coefficient (Wildman–Crippen LogP) is 3.43. The second kappa shape index (κ2) is 5.46. The molecule has 1 aromatic carbocycles. The van der Waals surface area contributed by atoms with Crippen molar-refractivity contribution in [3.05, 3.63) is 41.2 Å². The molecule has 2 aromatic rings. The van der Waals surface area contributed by atoms with Crippen LogP contribution in [0.2, 0.25) is 0 Å². The van der Waals surface area contributed by atoms with Gasteiger partial charge in [0.15, 0.2) is 0 Å². The Hall–Kier alpha value is -1.53. The largest absolute Gasteiger partial charge is 0.416 e. The lowest BCUT2D eigenvalue weighted by Crippen LogP contribution is -2.22. The summed E-state index contributed by atoms with van der Waals surface area (Å²) in [5, 5.41) is 7.16. The molecule has 0 bridgehead atoms. The summed E-state index contributed by atoms with van der Waals surface area (Å²) in [6, 6.07) is 4.98. The Bertz CT molecular complexity index is 593. The van der Waals surface area contributed by atoms with Crippen molar-refractivity contribution in [3.8, 4) is 11.3 Å². The SMILES string of the molecule is Cl.FC(F)(F)c1ccc(-c2noc3c2CNCC3)cc1. The zero-order chi connectivity index (χ0) is 13.5. The molecule has 1 N–H and O–H groups in total. The fourth-order valence-corrected chi connectivity index (χ4v) is 2.18. The third-order valence-electron chi connectivity index (χ3n) is 3.19. The van der Waals surface area contributed by atoms with Crippen molar-refractivity contribution in [3.63, 3.8) is 0 Å². The normalized spacial score (nSPS) is 14.6. The van der Waals surface area contributed by atoms with E-state index in [1.54, 1.807) is 0 Å². The Morgan fingerprint density at radius 1 is 1.15 bits per heavy atom. The standard InChI is InChI=1S/C13H11F3N2O.ClH/c14-13(15,16)9-3-1-8(2-4-9)12-10-7-17-6-5-11(10)19-18-12;/h1-4,17H,5-7H2;1H. The van der Waals surface area contributed by atoms with E-state index >= 15 is 0 Å². The van der Waals surface area contributed by atoms with Crippen molar-refractivity contribution < 1.29 is 17.7 Å². The molecule has 1 aliphatic heterocycles. The van der Waals surface area contributed by atoms with E-state index in [0.717, 1.165) is 36.4 Å². The highest BCUT2D eigenvalue weighted by Crippen LogP contribution is 2.32. The molecule has 0 atom stereocenters. The van der Waals surface area contributed by atoms with Crippen LogP contribution in [0.5, 0.6) is 0 Å². The molecule has 2 heterocycles. The van der Waals surface area contributed by atoms with E-state index in [1.165, 1.54) is 12.1 Å². The Kier molecular flexibility index (Phi) is 4.06. The quantitative estimate of drug-likeness (QED) is 0.877. The number of nitrogens with one attached hydrogen (secondary N) is 1. The van der Waals surface area contributed by atoms with Crippen molar-refractivity contribution in [2.45, 2.75) is 19.1 Å². The smallest absolute Gasteiger partial charge is 0.360 e. The Balaban J connectivity index is 0.00000147. The molecule has 0 amide bonds. The first kappa shape index (κ1) is 14.9. The van der Waals surface area contributed by atoms with Gasteiger partial charge in [-0.05, 0) is 12.1 Å². The molecule has 0 unspecified atom stereocenters. The average molecular weight is 305 g/mol. The second-order valence-electron chi connectivity index (χ2n) is 4.43. The van der Waals surface area contributed by atoms with E-state index in [4.69, 9.17) is 4.52 Å². The number of hydrogen-bond donors (Lipinski definition) is 1. The summed E-state index contributed by atoms with van der Waals surface area (Å²) < 4.78 is 42.7. The van der Waals surface area contributed by atoms with Gasteiger partial charge in [0.2, 0.25) is 0 Å². The van der Waals surface area contributed by atoms with Crippen molar-refractivity contribution in [2.24, 2.45) is 0 Å². The minimum Gasteiger partial charge on any atom is -0.360 e. The summed E-state index contributed by atoms with van der Waals surface area (Å²) in [7, 11) is 0. The summed E-state index contributed by atoms with van der Waals surface area (Å²) >= 11 is 0. The number of hydrogen-bond acceptors (Lipinski definition) is 3. The Morgan fingerprint density at radius 3 is 2.50 bits per heavy atom. The summed E-state index contributed by atoms with van der Waals surface area (Å²) in [4.78, 5) is 0. The fourth-order valence-electron chi connectivity index (χ4n) is 2.18. The van der Waals surface area contributed by atoms with Crippen molar-refractivity contribution >= 4 is 12.4 Å². The molecule has 1 aliphatic rings. The lowest BCUT2D eigenvalue weighted by atomic mass is 10.0. The van der Waals surface area contributed by atoms with Gasteiger partial charge in [0.05, 0.1) is 5.56 Å². The molecule has 0 aliphatic carbocycles. The highest BCUT2D eigenvalue weighted by atomic mass is 35.5. The molecule has 0 radical (unpaired) electrons. The molecular formula is C13H12ClF3N2O. The van der Waals surface area contributed by atoms with Crippen molar-refractivity contribution in [1.29, 1.82) is 0 Å². The van der Waals surface area contributed by atoms with Gasteiger partial charge in [0.1, 0.15) is 11.5 Å². The van der Waals surface area contributed by atoms with Gasteiger partial charge in [-0.15, -0.1) is 12.4 Å². The number of alkyl halides is 3. The number of benzene rings is 1. The van der Waals surface area contributed by atoms with E-state index in [-0.39, 0.29) is 12.4 Å². The summed E-state index contributed by atoms with van der Waals surface area (Å²) in [5.41, 5.74) is 1.54. The maximum Gasteiger partial charge on any atom is 0.416 e. The molecule has 1 aromatic heterocycles. The first-order valence-electron chi connectivity index (χ1n) is 5.91. The molecule has 0 fully saturated rings. The molecule has 108 valence electrons. The summed E-state index contributed by atoms with van der Waals surface area (Å²) in [6.07, 6.45) is -3.56. The molecule has 0 saturated heterocycles. The highest BCUT2D eigenvalue weighted by Gasteiger charge is 2.30. The Labute approximate surface area is 119 Å². The van der Waals surface area contributed by atoms with E-state index < -0.39 is 11.7 Å². The van der Waals surface area contributed by atoms with Crippen LogP contribution in [0, 0.1) is 0 Å². The van der Waals surface area contributed by atoms with Crippen LogP contribution in [-0.2, 0) is 19.1 Å². The van der Waals surface area contributed by atoms with Crippen LogP contribution in [0.3, 0.4) is 0 Å². The van der Waals surface area contributed by atoms with E-state index in [2.05, 4.69) is 10.5 Å². The number of nitrogens with zero attached hydrogens (tertiary/aromatic N) is 1. The molecular weight excluding hydrogens is 293 g/mol. The van der Waals surface area contributed by atoms with Gasteiger partial charge >= 0.3 is 6.18 Å². The predicted molar refractivity (Wildman–Crippen MR) is 69.6 cm³/mol. The minimum absolute atomic E-state index is 0. The van der Waals surface area contributed by atoms with Crippen LogP contribution < -0.4 is 5.32 Å². The van der Waals surface area contributed by atoms with Crippen LogP contribution in [-0.4, -0.2) is 11.7 Å².